The number of aliphatic hydroxyl groups excluding tert-OH is 1. The van der Waals surface area contributed by atoms with Crippen LogP contribution in [0.3, 0.4) is 0 Å². The average Bonchev–Trinajstić information content (AvgIpc) is 2.46. The van der Waals surface area contributed by atoms with Gasteiger partial charge in [-0.2, -0.15) is 0 Å². The van der Waals surface area contributed by atoms with Crippen molar-refractivity contribution in [1.82, 2.24) is 5.32 Å². The first-order chi connectivity index (χ1) is 10.1. The molecule has 2 N–H and O–H groups in total. The summed E-state index contributed by atoms with van der Waals surface area (Å²) >= 11 is 11.9. The second-order valence-corrected chi connectivity index (χ2v) is 5.62. The normalized spacial score (nSPS) is 15.8. The number of aliphatic hydroxyl groups is 1. The van der Waals surface area contributed by atoms with E-state index < -0.39 is 0 Å². The van der Waals surface area contributed by atoms with Gasteiger partial charge in [0.15, 0.2) is 6.61 Å². The maximum Gasteiger partial charge on any atom is 0.258 e. The molecule has 0 unspecified atom stereocenters. The molecule has 0 aromatic heterocycles. The summed E-state index contributed by atoms with van der Waals surface area (Å²) in [6.07, 6.45) is 1.60. The van der Waals surface area contributed by atoms with Crippen molar-refractivity contribution in [1.29, 1.82) is 0 Å². The fraction of sp³-hybridized carbons (Fsp3) is 0.500. The van der Waals surface area contributed by atoms with Gasteiger partial charge in [0.1, 0.15) is 5.75 Å². The Morgan fingerprint density at radius 3 is 2.76 bits per heavy atom. The molecule has 1 aromatic rings. The van der Waals surface area contributed by atoms with Crippen LogP contribution in [0.15, 0.2) is 12.1 Å². The fourth-order valence-corrected chi connectivity index (χ4v) is 2.73. The van der Waals surface area contributed by atoms with Gasteiger partial charge in [-0.3, -0.25) is 4.79 Å². The van der Waals surface area contributed by atoms with Crippen molar-refractivity contribution in [3.8, 4) is 5.75 Å². The van der Waals surface area contributed by atoms with Crippen molar-refractivity contribution in [3.63, 3.8) is 0 Å². The molecule has 0 atom stereocenters. The van der Waals surface area contributed by atoms with Crippen LogP contribution >= 0.6 is 23.2 Å². The van der Waals surface area contributed by atoms with Crippen LogP contribution < -0.4 is 10.1 Å². The standard InChI is InChI=1S/C14H17Cl2NO4/c15-10-5-9(7-18)14(12(16)6-10)21-8-13(19)17-11-1-3-20-4-2-11/h5-6,11,18H,1-4,7-8H2,(H,17,19). The summed E-state index contributed by atoms with van der Waals surface area (Å²) in [6.45, 7) is 0.885. The smallest absolute Gasteiger partial charge is 0.258 e. The summed E-state index contributed by atoms with van der Waals surface area (Å²) in [7, 11) is 0. The van der Waals surface area contributed by atoms with Crippen molar-refractivity contribution >= 4 is 29.1 Å². The van der Waals surface area contributed by atoms with Gasteiger partial charge in [-0.1, -0.05) is 23.2 Å². The first kappa shape index (κ1) is 16.4. The summed E-state index contributed by atoms with van der Waals surface area (Å²) in [5.41, 5.74) is 0.450. The SMILES string of the molecule is O=C(COc1c(Cl)cc(Cl)cc1CO)NC1CCOCC1. The summed E-state index contributed by atoms with van der Waals surface area (Å²) in [5.74, 6) is 0.0579. The van der Waals surface area contributed by atoms with E-state index in [1.165, 1.54) is 6.07 Å². The molecule has 0 bridgehead atoms. The zero-order valence-corrected chi connectivity index (χ0v) is 12.9. The van der Waals surface area contributed by atoms with Crippen LogP contribution in [0.5, 0.6) is 5.75 Å². The minimum absolute atomic E-state index is 0.118. The molecule has 1 aliphatic heterocycles. The van der Waals surface area contributed by atoms with Gasteiger partial charge in [0.05, 0.1) is 11.6 Å². The number of halogens is 2. The van der Waals surface area contributed by atoms with Gasteiger partial charge in [0, 0.05) is 29.8 Å². The number of nitrogens with one attached hydrogen (secondary N) is 1. The van der Waals surface area contributed by atoms with Crippen molar-refractivity contribution in [2.24, 2.45) is 0 Å². The molecule has 5 nitrogen and oxygen atoms in total. The first-order valence-corrected chi connectivity index (χ1v) is 7.44. The van der Waals surface area contributed by atoms with Gasteiger partial charge in [0.25, 0.3) is 5.91 Å². The van der Waals surface area contributed by atoms with Crippen LogP contribution in [0.2, 0.25) is 10.0 Å². The minimum Gasteiger partial charge on any atom is -0.482 e. The Bertz CT molecular complexity index is 504. The van der Waals surface area contributed by atoms with E-state index >= 15 is 0 Å². The lowest BCUT2D eigenvalue weighted by Gasteiger charge is -2.23. The zero-order valence-electron chi connectivity index (χ0n) is 11.4. The molecule has 1 aliphatic rings. The quantitative estimate of drug-likeness (QED) is 0.866. The number of rotatable bonds is 5. The summed E-state index contributed by atoms with van der Waals surface area (Å²) in [6, 6.07) is 3.18. The van der Waals surface area contributed by atoms with Crippen molar-refractivity contribution in [2.75, 3.05) is 19.8 Å². The highest BCUT2D eigenvalue weighted by atomic mass is 35.5. The third-order valence-electron chi connectivity index (χ3n) is 3.19. The van der Waals surface area contributed by atoms with E-state index in [1.807, 2.05) is 0 Å². The van der Waals surface area contributed by atoms with E-state index in [1.54, 1.807) is 6.07 Å². The summed E-state index contributed by atoms with van der Waals surface area (Å²) in [5, 5.41) is 12.8. The molecule has 1 fully saturated rings. The van der Waals surface area contributed by atoms with E-state index in [0.717, 1.165) is 12.8 Å². The van der Waals surface area contributed by atoms with Crippen LogP contribution in [-0.4, -0.2) is 36.9 Å². The Morgan fingerprint density at radius 2 is 2.10 bits per heavy atom. The van der Waals surface area contributed by atoms with Crippen molar-refractivity contribution < 1.29 is 19.4 Å². The van der Waals surface area contributed by atoms with Gasteiger partial charge in [-0.25, -0.2) is 0 Å². The van der Waals surface area contributed by atoms with Gasteiger partial charge in [-0.05, 0) is 25.0 Å². The van der Waals surface area contributed by atoms with Crippen LogP contribution in [-0.2, 0) is 16.1 Å². The third-order valence-corrected chi connectivity index (χ3v) is 3.69. The lowest BCUT2D eigenvalue weighted by Crippen LogP contribution is -2.41. The monoisotopic (exact) mass is 333 g/mol. The minimum atomic E-state index is -0.267. The van der Waals surface area contributed by atoms with Gasteiger partial charge in [0.2, 0.25) is 0 Å². The summed E-state index contributed by atoms with van der Waals surface area (Å²) in [4.78, 5) is 11.9. The highest BCUT2D eigenvalue weighted by Crippen LogP contribution is 2.32. The number of carbonyl (C=O) groups is 1. The highest BCUT2D eigenvalue weighted by molar-refractivity contribution is 6.35. The molecule has 1 saturated heterocycles. The molecule has 116 valence electrons. The maximum absolute atomic E-state index is 11.9. The predicted molar refractivity (Wildman–Crippen MR) is 79.9 cm³/mol. The Balaban J connectivity index is 1.91. The van der Waals surface area contributed by atoms with Gasteiger partial charge < -0.3 is 19.9 Å². The molecule has 0 saturated carbocycles. The topological polar surface area (TPSA) is 67.8 Å². The second-order valence-electron chi connectivity index (χ2n) is 4.78. The fourth-order valence-electron chi connectivity index (χ4n) is 2.14. The number of amides is 1. The lowest BCUT2D eigenvalue weighted by molar-refractivity contribution is -0.124. The summed E-state index contributed by atoms with van der Waals surface area (Å²) < 4.78 is 10.7. The maximum atomic E-state index is 11.9. The van der Waals surface area contributed by atoms with E-state index in [9.17, 15) is 9.90 Å². The average molecular weight is 334 g/mol. The van der Waals surface area contributed by atoms with Gasteiger partial charge >= 0.3 is 0 Å². The Hall–Kier alpha value is -1.01. The van der Waals surface area contributed by atoms with Crippen LogP contribution in [0.25, 0.3) is 0 Å². The van der Waals surface area contributed by atoms with Crippen LogP contribution in [0, 0.1) is 0 Å². The number of carbonyl (C=O) groups excluding carboxylic acids is 1. The molecule has 2 rings (SSSR count). The van der Waals surface area contributed by atoms with Crippen molar-refractivity contribution in [2.45, 2.75) is 25.5 Å². The highest BCUT2D eigenvalue weighted by Gasteiger charge is 2.17. The predicted octanol–water partition coefficient (Wildman–Crippen LogP) is 2.16. The Morgan fingerprint density at radius 1 is 1.38 bits per heavy atom. The molecule has 0 aliphatic carbocycles. The number of hydrogen-bond acceptors (Lipinski definition) is 4. The molecular weight excluding hydrogens is 317 g/mol. The molecule has 1 aromatic carbocycles. The van der Waals surface area contributed by atoms with E-state index in [0.29, 0.717) is 23.8 Å². The molecular formula is C14H17Cl2NO4. The number of benzene rings is 1. The van der Waals surface area contributed by atoms with Crippen molar-refractivity contribution in [3.05, 3.63) is 27.7 Å². The zero-order chi connectivity index (χ0) is 15.2. The number of ether oxygens (including phenoxy) is 2. The Labute approximate surface area is 133 Å². The molecule has 0 radical (unpaired) electrons. The number of hydrogen-bond donors (Lipinski definition) is 2. The molecule has 1 amide bonds. The molecule has 21 heavy (non-hydrogen) atoms. The molecule has 1 heterocycles. The van der Waals surface area contributed by atoms with E-state index in [4.69, 9.17) is 32.7 Å². The van der Waals surface area contributed by atoms with Gasteiger partial charge in [-0.15, -0.1) is 0 Å². The molecule has 0 spiro atoms. The largest absolute Gasteiger partial charge is 0.482 e. The molecule has 7 heteroatoms. The van der Waals surface area contributed by atoms with E-state index in [2.05, 4.69) is 5.32 Å². The second kappa shape index (κ2) is 7.84. The lowest BCUT2D eigenvalue weighted by atomic mass is 10.1. The van der Waals surface area contributed by atoms with Crippen LogP contribution in [0.4, 0.5) is 0 Å². The Kier molecular flexibility index (Phi) is 6.11. The third kappa shape index (κ3) is 4.74. The first-order valence-electron chi connectivity index (χ1n) is 6.69. The van der Waals surface area contributed by atoms with E-state index in [-0.39, 0.29) is 35.9 Å². The van der Waals surface area contributed by atoms with Crippen LogP contribution in [0.1, 0.15) is 18.4 Å².